The van der Waals surface area contributed by atoms with Crippen molar-refractivity contribution in [2.45, 2.75) is 58.6 Å². The van der Waals surface area contributed by atoms with Gasteiger partial charge < -0.3 is 18.8 Å². The van der Waals surface area contributed by atoms with Gasteiger partial charge in [0.15, 0.2) is 5.43 Å². The number of amides is 1. The van der Waals surface area contributed by atoms with E-state index in [2.05, 4.69) is 6.92 Å². The van der Waals surface area contributed by atoms with Crippen LogP contribution in [0, 0.1) is 13.8 Å². The number of unbranched alkanes of at least 4 members (excludes halogenated alkanes) is 1. The average molecular weight is 462 g/mol. The van der Waals surface area contributed by atoms with Crippen molar-refractivity contribution in [3.8, 4) is 5.75 Å². The second kappa shape index (κ2) is 9.26. The third-order valence-electron chi connectivity index (χ3n) is 6.95. The highest BCUT2D eigenvalue weighted by Gasteiger charge is 2.44. The summed E-state index contributed by atoms with van der Waals surface area (Å²) in [5, 5.41) is 0.508. The summed E-state index contributed by atoms with van der Waals surface area (Å²) in [7, 11) is 0. The zero-order valence-corrected chi connectivity index (χ0v) is 20.1. The van der Waals surface area contributed by atoms with Crippen molar-refractivity contribution in [2.75, 3.05) is 19.8 Å². The first kappa shape index (κ1) is 22.7. The summed E-state index contributed by atoms with van der Waals surface area (Å²) in [5.41, 5.74) is 3.59. The van der Waals surface area contributed by atoms with E-state index in [9.17, 15) is 9.59 Å². The molecule has 34 heavy (non-hydrogen) atoms. The summed E-state index contributed by atoms with van der Waals surface area (Å²) in [4.78, 5) is 29.2. The first-order chi connectivity index (χ1) is 16.5. The Morgan fingerprint density at radius 2 is 1.94 bits per heavy atom. The van der Waals surface area contributed by atoms with Crippen LogP contribution in [0.5, 0.6) is 5.75 Å². The molecule has 0 saturated carbocycles. The Kier molecular flexibility index (Phi) is 6.17. The van der Waals surface area contributed by atoms with Gasteiger partial charge >= 0.3 is 0 Å². The van der Waals surface area contributed by atoms with Crippen LogP contribution >= 0.6 is 0 Å². The number of nitrogens with zero attached hydrogens (tertiary/aromatic N) is 1. The van der Waals surface area contributed by atoms with Gasteiger partial charge in [0.2, 0.25) is 5.76 Å². The summed E-state index contributed by atoms with van der Waals surface area (Å²) in [6, 6.07) is 10.9. The minimum Gasteiger partial charge on any atom is -0.494 e. The fourth-order valence-corrected chi connectivity index (χ4v) is 4.93. The number of fused-ring (bicyclic) bond motifs is 2. The average Bonchev–Trinajstić information content (AvgIpc) is 3.43. The highest BCUT2D eigenvalue weighted by molar-refractivity contribution is 5.99. The molecular weight excluding hydrogens is 430 g/mol. The van der Waals surface area contributed by atoms with E-state index < -0.39 is 6.04 Å². The molecule has 1 aromatic heterocycles. The van der Waals surface area contributed by atoms with E-state index >= 15 is 0 Å². The zero-order chi connectivity index (χ0) is 23.8. The second-order valence-corrected chi connectivity index (χ2v) is 9.38. The van der Waals surface area contributed by atoms with Gasteiger partial charge in [-0.15, -0.1) is 0 Å². The van der Waals surface area contributed by atoms with Crippen LogP contribution in [0.3, 0.4) is 0 Å². The van der Waals surface area contributed by atoms with E-state index in [1.165, 1.54) is 0 Å². The molecule has 2 aliphatic rings. The Morgan fingerprint density at radius 3 is 2.71 bits per heavy atom. The quantitative estimate of drug-likeness (QED) is 0.446. The van der Waals surface area contributed by atoms with Crippen LogP contribution in [0.25, 0.3) is 11.0 Å². The van der Waals surface area contributed by atoms with Crippen molar-refractivity contribution in [3.05, 3.63) is 74.6 Å². The topological polar surface area (TPSA) is 69.0 Å². The molecule has 3 heterocycles. The maximum absolute atomic E-state index is 13.8. The van der Waals surface area contributed by atoms with E-state index in [0.717, 1.165) is 48.1 Å². The normalized spacial score (nSPS) is 19.7. The molecule has 0 radical (unpaired) electrons. The van der Waals surface area contributed by atoms with Gasteiger partial charge in [0.1, 0.15) is 11.3 Å². The molecule has 0 aliphatic carbocycles. The molecule has 1 amide bonds. The molecule has 3 aromatic rings. The second-order valence-electron chi connectivity index (χ2n) is 9.38. The molecule has 2 atom stereocenters. The number of aryl methyl sites for hydroxylation is 2. The van der Waals surface area contributed by atoms with Crippen LogP contribution in [0.15, 0.2) is 45.6 Å². The molecule has 2 aliphatic heterocycles. The number of hydrogen-bond donors (Lipinski definition) is 0. The lowest BCUT2D eigenvalue weighted by molar-refractivity contribution is 0.0486. The van der Waals surface area contributed by atoms with E-state index in [1.54, 1.807) is 4.90 Å². The molecule has 2 unspecified atom stereocenters. The lowest BCUT2D eigenvalue weighted by Gasteiger charge is -2.27. The maximum atomic E-state index is 13.8. The standard InChI is InChI=1S/C28H31NO5/c1-4-5-11-32-20-9-6-8-19(15-20)25-24-26(30)22-13-17(2)18(3)14-23(22)34-27(24)28(31)29(25)16-21-10-7-12-33-21/h6,8-9,13-15,21,25H,4-5,7,10-12,16H2,1-3H3. The first-order valence-corrected chi connectivity index (χ1v) is 12.2. The zero-order valence-electron chi connectivity index (χ0n) is 20.1. The third-order valence-corrected chi connectivity index (χ3v) is 6.95. The smallest absolute Gasteiger partial charge is 0.291 e. The van der Waals surface area contributed by atoms with Gasteiger partial charge in [-0.3, -0.25) is 9.59 Å². The fraction of sp³-hybridized carbons (Fsp3) is 0.429. The SMILES string of the molecule is CCCCOc1cccc(C2c3c(oc4cc(C)c(C)cc4c3=O)C(=O)N2CC2CCCO2)c1. The molecule has 0 bridgehead atoms. The molecule has 5 rings (SSSR count). The van der Waals surface area contributed by atoms with Gasteiger partial charge in [0.05, 0.1) is 29.7 Å². The molecule has 1 saturated heterocycles. The molecule has 6 heteroatoms. The Labute approximate surface area is 199 Å². The van der Waals surface area contributed by atoms with E-state index in [1.807, 2.05) is 50.2 Å². The van der Waals surface area contributed by atoms with Crippen molar-refractivity contribution in [3.63, 3.8) is 0 Å². The number of benzene rings is 2. The minimum atomic E-state index is -0.538. The Bertz CT molecular complexity index is 1290. The van der Waals surface area contributed by atoms with E-state index in [0.29, 0.717) is 36.3 Å². The van der Waals surface area contributed by atoms with Crippen LogP contribution in [-0.2, 0) is 4.74 Å². The summed E-state index contributed by atoms with van der Waals surface area (Å²) in [5.74, 6) is 0.617. The van der Waals surface area contributed by atoms with Gasteiger partial charge in [-0.2, -0.15) is 0 Å². The molecule has 2 aromatic carbocycles. The predicted octanol–water partition coefficient (Wildman–Crippen LogP) is 5.31. The molecular formula is C28H31NO5. The van der Waals surface area contributed by atoms with Crippen LogP contribution in [0.4, 0.5) is 0 Å². The van der Waals surface area contributed by atoms with Gasteiger partial charge in [-0.25, -0.2) is 0 Å². The summed E-state index contributed by atoms with van der Waals surface area (Å²) in [6.45, 7) is 7.82. The van der Waals surface area contributed by atoms with Crippen LogP contribution in [0.1, 0.15) is 71.5 Å². The molecule has 6 nitrogen and oxygen atoms in total. The van der Waals surface area contributed by atoms with Crippen LogP contribution in [0.2, 0.25) is 0 Å². The Balaban J connectivity index is 1.64. The third kappa shape index (κ3) is 4.00. The van der Waals surface area contributed by atoms with E-state index in [-0.39, 0.29) is 23.2 Å². The highest BCUT2D eigenvalue weighted by atomic mass is 16.5. The number of hydrogen-bond acceptors (Lipinski definition) is 5. The predicted molar refractivity (Wildman–Crippen MR) is 131 cm³/mol. The Hall–Kier alpha value is -3.12. The largest absolute Gasteiger partial charge is 0.494 e. The molecule has 178 valence electrons. The maximum Gasteiger partial charge on any atom is 0.291 e. The number of carbonyl (C=O) groups excluding carboxylic acids is 1. The monoisotopic (exact) mass is 461 g/mol. The van der Waals surface area contributed by atoms with Gasteiger partial charge in [0, 0.05) is 13.2 Å². The van der Waals surface area contributed by atoms with Crippen molar-refractivity contribution < 1.29 is 18.7 Å². The van der Waals surface area contributed by atoms with Crippen molar-refractivity contribution >= 4 is 16.9 Å². The Morgan fingerprint density at radius 1 is 1.12 bits per heavy atom. The van der Waals surface area contributed by atoms with Crippen LogP contribution in [-0.4, -0.2) is 36.7 Å². The van der Waals surface area contributed by atoms with Crippen LogP contribution < -0.4 is 10.2 Å². The number of ether oxygens (including phenoxy) is 2. The van der Waals surface area contributed by atoms with Gasteiger partial charge in [-0.05, 0) is 74.1 Å². The van der Waals surface area contributed by atoms with Gasteiger partial charge in [0.25, 0.3) is 5.91 Å². The first-order valence-electron chi connectivity index (χ1n) is 12.2. The summed E-state index contributed by atoms with van der Waals surface area (Å²) < 4.78 is 17.9. The highest BCUT2D eigenvalue weighted by Crippen LogP contribution is 2.40. The van der Waals surface area contributed by atoms with Crippen molar-refractivity contribution in [1.82, 2.24) is 4.90 Å². The van der Waals surface area contributed by atoms with E-state index in [4.69, 9.17) is 13.9 Å². The molecule has 0 spiro atoms. The molecule has 1 fully saturated rings. The summed E-state index contributed by atoms with van der Waals surface area (Å²) >= 11 is 0. The summed E-state index contributed by atoms with van der Waals surface area (Å²) in [6.07, 6.45) is 3.85. The molecule has 0 N–H and O–H groups in total. The lowest BCUT2D eigenvalue weighted by Crippen LogP contribution is -2.36. The van der Waals surface area contributed by atoms with Crippen molar-refractivity contribution in [2.24, 2.45) is 0 Å². The lowest BCUT2D eigenvalue weighted by atomic mass is 9.97. The minimum absolute atomic E-state index is 0.0428. The number of carbonyl (C=O) groups is 1. The number of rotatable bonds is 7. The fourth-order valence-electron chi connectivity index (χ4n) is 4.93. The van der Waals surface area contributed by atoms with Crippen molar-refractivity contribution in [1.29, 1.82) is 0 Å². The van der Waals surface area contributed by atoms with Gasteiger partial charge in [-0.1, -0.05) is 25.5 Å².